The Labute approximate surface area is 178 Å². The highest BCUT2D eigenvalue weighted by Gasteiger charge is 2.20. The molecule has 0 fully saturated rings. The van der Waals surface area contributed by atoms with Crippen molar-refractivity contribution < 1.29 is 4.79 Å². The quantitative estimate of drug-likeness (QED) is 0.341. The summed E-state index contributed by atoms with van der Waals surface area (Å²) in [5.41, 5.74) is 3.40. The van der Waals surface area contributed by atoms with Gasteiger partial charge in [-0.25, -0.2) is 0 Å². The minimum atomic E-state index is -0.106. The van der Waals surface area contributed by atoms with Crippen LogP contribution in [-0.4, -0.2) is 5.91 Å². The molecular formula is C26H26ClNO. The van der Waals surface area contributed by atoms with Crippen molar-refractivity contribution in [2.75, 3.05) is 0 Å². The van der Waals surface area contributed by atoms with Gasteiger partial charge in [0.25, 0.3) is 5.91 Å². The minimum Gasteiger partial charge on any atom is -0.345 e. The van der Waals surface area contributed by atoms with Crippen LogP contribution >= 0.6 is 11.6 Å². The van der Waals surface area contributed by atoms with Crippen LogP contribution in [0.15, 0.2) is 84.9 Å². The standard InChI is InChI=1S/C26H26ClNO/c1-19(2)17-25(21-13-7-4-8-14-21)28-26(29)23(20-11-5-3-6-12-20)18-22-15-9-10-16-24(22)27/h3-16,18-19,25H,17H2,1-2H3,(H,28,29)/b23-18+/t25-/m0/s1. The van der Waals surface area contributed by atoms with Gasteiger partial charge in [-0.2, -0.15) is 0 Å². The van der Waals surface area contributed by atoms with Crippen molar-refractivity contribution in [3.8, 4) is 0 Å². The van der Waals surface area contributed by atoms with E-state index in [2.05, 4.69) is 31.3 Å². The van der Waals surface area contributed by atoms with E-state index in [0.717, 1.165) is 23.1 Å². The first-order valence-electron chi connectivity index (χ1n) is 9.92. The van der Waals surface area contributed by atoms with Crippen LogP contribution in [0, 0.1) is 5.92 Å². The van der Waals surface area contributed by atoms with Crippen LogP contribution in [0.1, 0.15) is 43.0 Å². The molecule has 0 bridgehead atoms. The summed E-state index contributed by atoms with van der Waals surface area (Å²) in [6, 6.07) is 27.3. The van der Waals surface area contributed by atoms with E-state index in [4.69, 9.17) is 11.6 Å². The smallest absolute Gasteiger partial charge is 0.252 e. The molecule has 1 N–H and O–H groups in total. The molecule has 0 saturated carbocycles. The Balaban J connectivity index is 1.97. The van der Waals surface area contributed by atoms with Crippen LogP contribution in [0.5, 0.6) is 0 Å². The second-order valence-electron chi connectivity index (χ2n) is 7.51. The second-order valence-corrected chi connectivity index (χ2v) is 7.92. The molecule has 3 aromatic rings. The maximum absolute atomic E-state index is 13.4. The van der Waals surface area contributed by atoms with Gasteiger partial charge in [0, 0.05) is 10.6 Å². The number of carbonyl (C=O) groups excluding carboxylic acids is 1. The molecule has 2 nitrogen and oxygen atoms in total. The summed E-state index contributed by atoms with van der Waals surface area (Å²) in [6.07, 6.45) is 2.73. The first-order valence-corrected chi connectivity index (χ1v) is 10.3. The zero-order valence-electron chi connectivity index (χ0n) is 16.8. The number of benzene rings is 3. The second kappa shape index (κ2) is 10.1. The van der Waals surface area contributed by atoms with Gasteiger partial charge in [0.05, 0.1) is 6.04 Å². The summed E-state index contributed by atoms with van der Waals surface area (Å²) in [5, 5.41) is 3.87. The highest BCUT2D eigenvalue weighted by atomic mass is 35.5. The molecule has 1 amide bonds. The van der Waals surface area contributed by atoms with E-state index in [0.29, 0.717) is 16.5 Å². The maximum Gasteiger partial charge on any atom is 0.252 e. The van der Waals surface area contributed by atoms with Crippen molar-refractivity contribution in [2.24, 2.45) is 5.92 Å². The average molecular weight is 404 g/mol. The van der Waals surface area contributed by atoms with Gasteiger partial charge < -0.3 is 5.32 Å². The highest BCUT2D eigenvalue weighted by molar-refractivity contribution is 6.33. The van der Waals surface area contributed by atoms with E-state index in [-0.39, 0.29) is 11.9 Å². The zero-order chi connectivity index (χ0) is 20.6. The molecule has 0 aromatic heterocycles. The molecule has 3 rings (SSSR count). The van der Waals surface area contributed by atoms with Gasteiger partial charge in [-0.3, -0.25) is 4.79 Å². The molecule has 0 saturated heterocycles. The van der Waals surface area contributed by atoms with Crippen molar-refractivity contribution in [1.82, 2.24) is 5.32 Å². The molecule has 1 atom stereocenters. The van der Waals surface area contributed by atoms with E-state index >= 15 is 0 Å². The molecule has 0 aliphatic rings. The lowest BCUT2D eigenvalue weighted by Crippen LogP contribution is -2.30. The minimum absolute atomic E-state index is 0.0537. The van der Waals surface area contributed by atoms with Gasteiger partial charge >= 0.3 is 0 Å². The summed E-state index contributed by atoms with van der Waals surface area (Å²) >= 11 is 6.35. The number of amides is 1. The Kier molecular flexibility index (Phi) is 7.26. The van der Waals surface area contributed by atoms with Crippen molar-refractivity contribution in [1.29, 1.82) is 0 Å². The van der Waals surface area contributed by atoms with Gasteiger partial charge in [0.15, 0.2) is 0 Å². The van der Waals surface area contributed by atoms with E-state index in [9.17, 15) is 4.79 Å². The summed E-state index contributed by atoms with van der Waals surface area (Å²) in [4.78, 5) is 13.4. The first-order chi connectivity index (χ1) is 14.0. The number of carbonyl (C=O) groups is 1. The Bertz CT molecular complexity index is 964. The number of nitrogens with one attached hydrogen (secondary N) is 1. The number of hydrogen-bond acceptors (Lipinski definition) is 1. The third-order valence-corrected chi connectivity index (χ3v) is 5.09. The fourth-order valence-corrected chi connectivity index (χ4v) is 3.51. The molecule has 0 spiro atoms. The third-order valence-electron chi connectivity index (χ3n) is 4.75. The lowest BCUT2D eigenvalue weighted by atomic mass is 9.95. The monoisotopic (exact) mass is 403 g/mol. The molecular weight excluding hydrogens is 378 g/mol. The largest absolute Gasteiger partial charge is 0.345 e. The van der Waals surface area contributed by atoms with Crippen LogP contribution < -0.4 is 5.32 Å². The first kappa shape index (κ1) is 20.9. The highest BCUT2D eigenvalue weighted by Crippen LogP contribution is 2.26. The Morgan fingerprint density at radius 1 is 0.897 bits per heavy atom. The number of halogens is 1. The van der Waals surface area contributed by atoms with Crippen LogP contribution in [0.3, 0.4) is 0 Å². The van der Waals surface area contributed by atoms with Gasteiger partial charge in [-0.15, -0.1) is 0 Å². The summed E-state index contributed by atoms with van der Waals surface area (Å²) < 4.78 is 0. The SMILES string of the molecule is CC(C)C[C@H](NC(=O)/C(=C/c1ccccc1Cl)c1ccccc1)c1ccccc1. The molecule has 0 aliphatic heterocycles. The van der Waals surface area contributed by atoms with Gasteiger partial charge in [0.2, 0.25) is 0 Å². The van der Waals surface area contributed by atoms with Crippen LogP contribution in [0.25, 0.3) is 11.6 Å². The van der Waals surface area contributed by atoms with Crippen molar-refractivity contribution in [2.45, 2.75) is 26.3 Å². The van der Waals surface area contributed by atoms with Crippen LogP contribution in [0.2, 0.25) is 5.02 Å². The average Bonchev–Trinajstić information content (AvgIpc) is 2.73. The summed E-state index contributed by atoms with van der Waals surface area (Å²) in [7, 11) is 0. The van der Waals surface area contributed by atoms with Gasteiger partial charge in [0.1, 0.15) is 0 Å². The molecule has 0 unspecified atom stereocenters. The van der Waals surface area contributed by atoms with E-state index in [1.807, 2.05) is 78.9 Å². The Morgan fingerprint density at radius 2 is 1.48 bits per heavy atom. The molecule has 148 valence electrons. The predicted molar refractivity (Wildman–Crippen MR) is 123 cm³/mol. The molecule has 3 heteroatoms. The lowest BCUT2D eigenvalue weighted by molar-refractivity contribution is -0.116. The lowest BCUT2D eigenvalue weighted by Gasteiger charge is -2.22. The molecule has 0 radical (unpaired) electrons. The van der Waals surface area contributed by atoms with Crippen LogP contribution in [0.4, 0.5) is 0 Å². The number of hydrogen-bond donors (Lipinski definition) is 1. The maximum atomic E-state index is 13.4. The van der Waals surface area contributed by atoms with Crippen molar-refractivity contribution in [3.05, 3.63) is 107 Å². The van der Waals surface area contributed by atoms with Gasteiger partial charge in [-0.05, 0) is 41.2 Å². The Morgan fingerprint density at radius 3 is 2.10 bits per heavy atom. The van der Waals surface area contributed by atoms with Gasteiger partial charge in [-0.1, -0.05) is 104 Å². The summed E-state index contributed by atoms with van der Waals surface area (Å²) in [5.74, 6) is 0.346. The van der Waals surface area contributed by atoms with E-state index < -0.39 is 0 Å². The van der Waals surface area contributed by atoms with E-state index in [1.54, 1.807) is 0 Å². The predicted octanol–water partition coefficient (Wildman–Crippen LogP) is 6.78. The molecule has 29 heavy (non-hydrogen) atoms. The van der Waals surface area contributed by atoms with Crippen molar-refractivity contribution in [3.63, 3.8) is 0 Å². The molecule has 0 aliphatic carbocycles. The van der Waals surface area contributed by atoms with Crippen molar-refractivity contribution >= 4 is 29.2 Å². The topological polar surface area (TPSA) is 29.1 Å². The fourth-order valence-electron chi connectivity index (χ4n) is 3.32. The summed E-state index contributed by atoms with van der Waals surface area (Å²) in [6.45, 7) is 4.33. The third kappa shape index (κ3) is 5.82. The number of rotatable bonds is 7. The van der Waals surface area contributed by atoms with E-state index in [1.165, 1.54) is 0 Å². The zero-order valence-corrected chi connectivity index (χ0v) is 17.6. The normalized spacial score (nSPS) is 12.6. The molecule has 0 heterocycles. The Hall–Kier alpha value is -2.84. The fraction of sp³-hybridized carbons (Fsp3) is 0.192. The van der Waals surface area contributed by atoms with Crippen LogP contribution in [-0.2, 0) is 4.79 Å². The molecule has 3 aromatic carbocycles.